The molecule has 20 heavy (non-hydrogen) atoms. The Morgan fingerprint density at radius 1 is 1.20 bits per heavy atom. The molecule has 0 amide bonds. The van der Waals surface area contributed by atoms with Crippen molar-refractivity contribution in [2.75, 3.05) is 7.05 Å². The van der Waals surface area contributed by atoms with E-state index < -0.39 is 5.54 Å². The Kier molecular flexibility index (Phi) is 3.57. The van der Waals surface area contributed by atoms with Crippen molar-refractivity contribution >= 4 is 11.8 Å². The van der Waals surface area contributed by atoms with Gasteiger partial charge in [0, 0.05) is 16.2 Å². The Morgan fingerprint density at radius 3 is 2.75 bits per heavy atom. The second kappa shape index (κ2) is 5.23. The molecule has 0 unspecified atom stereocenters. The number of halogens is 1. The van der Waals surface area contributed by atoms with E-state index in [2.05, 4.69) is 24.4 Å². The maximum absolute atomic E-state index is 14.6. The fourth-order valence-electron chi connectivity index (χ4n) is 3.21. The van der Waals surface area contributed by atoms with Crippen LogP contribution in [0.1, 0.15) is 30.0 Å². The summed E-state index contributed by atoms with van der Waals surface area (Å²) in [6.07, 6.45) is 0.814. The Bertz CT molecular complexity index is 635. The maximum Gasteiger partial charge on any atom is 0.128 e. The average molecular weight is 287 g/mol. The molecule has 0 aromatic heterocycles. The first kappa shape index (κ1) is 13.7. The Hall–Kier alpha value is -1.32. The lowest BCUT2D eigenvalue weighted by molar-refractivity contribution is 0.395. The van der Waals surface area contributed by atoms with E-state index in [-0.39, 0.29) is 5.82 Å². The standard InChI is InChI=1S/C17H18FNS/c1-3-17(19-2)13-8-4-5-10-15(13)20-11-12-7-6-9-14(18)16(12)17/h4-10,19H,3,11H2,1-2H3/t17-/m0/s1. The maximum atomic E-state index is 14.6. The summed E-state index contributed by atoms with van der Waals surface area (Å²) in [5, 5.41) is 3.41. The fourth-order valence-corrected chi connectivity index (χ4v) is 4.33. The first-order valence-corrected chi connectivity index (χ1v) is 7.90. The average Bonchev–Trinajstić information content (AvgIpc) is 2.63. The number of thioether (sulfide) groups is 1. The summed E-state index contributed by atoms with van der Waals surface area (Å²) in [6.45, 7) is 2.11. The number of fused-ring (bicyclic) bond motifs is 2. The number of hydrogen-bond donors (Lipinski definition) is 1. The van der Waals surface area contributed by atoms with E-state index in [0.29, 0.717) is 0 Å². The van der Waals surface area contributed by atoms with Gasteiger partial charge >= 0.3 is 0 Å². The molecule has 0 radical (unpaired) electrons. The van der Waals surface area contributed by atoms with Crippen LogP contribution in [0.15, 0.2) is 47.4 Å². The third-order valence-corrected chi connectivity index (χ3v) is 5.34. The van der Waals surface area contributed by atoms with E-state index in [0.717, 1.165) is 23.3 Å². The van der Waals surface area contributed by atoms with E-state index in [1.54, 1.807) is 23.9 Å². The van der Waals surface area contributed by atoms with Gasteiger partial charge in [0.15, 0.2) is 0 Å². The quantitative estimate of drug-likeness (QED) is 0.883. The monoisotopic (exact) mass is 287 g/mol. The molecule has 1 aliphatic heterocycles. The molecule has 3 rings (SSSR count). The van der Waals surface area contributed by atoms with Crippen LogP contribution < -0.4 is 5.32 Å². The van der Waals surface area contributed by atoms with Crippen LogP contribution in [0, 0.1) is 5.82 Å². The zero-order valence-corrected chi connectivity index (χ0v) is 12.6. The highest BCUT2D eigenvalue weighted by Crippen LogP contribution is 2.45. The smallest absolute Gasteiger partial charge is 0.128 e. The highest BCUT2D eigenvalue weighted by atomic mass is 32.2. The van der Waals surface area contributed by atoms with Crippen molar-refractivity contribution in [2.24, 2.45) is 0 Å². The van der Waals surface area contributed by atoms with Crippen molar-refractivity contribution in [3.63, 3.8) is 0 Å². The Labute approximate surface area is 123 Å². The second-order valence-corrected chi connectivity index (χ2v) is 6.08. The third kappa shape index (κ3) is 1.88. The van der Waals surface area contributed by atoms with Crippen molar-refractivity contribution in [1.82, 2.24) is 5.32 Å². The molecular weight excluding hydrogens is 269 g/mol. The molecule has 2 aromatic rings. The molecule has 104 valence electrons. The molecule has 0 saturated heterocycles. The van der Waals surface area contributed by atoms with E-state index in [1.807, 2.05) is 25.2 Å². The predicted molar refractivity (Wildman–Crippen MR) is 82.5 cm³/mol. The fraction of sp³-hybridized carbons (Fsp3) is 0.294. The lowest BCUT2D eigenvalue weighted by atomic mass is 9.78. The summed E-state index contributed by atoms with van der Waals surface area (Å²) in [5.41, 5.74) is 2.63. The summed E-state index contributed by atoms with van der Waals surface area (Å²) in [6, 6.07) is 13.7. The highest BCUT2D eigenvalue weighted by Gasteiger charge is 2.38. The highest BCUT2D eigenvalue weighted by molar-refractivity contribution is 7.98. The minimum absolute atomic E-state index is 0.115. The SMILES string of the molecule is CC[C@]1(NC)c2ccccc2SCc2cccc(F)c21. The number of benzene rings is 2. The molecule has 0 bridgehead atoms. The lowest BCUT2D eigenvalue weighted by Crippen LogP contribution is -2.42. The topological polar surface area (TPSA) is 12.0 Å². The molecule has 0 spiro atoms. The first-order valence-electron chi connectivity index (χ1n) is 6.92. The van der Waals surface area contributed by atoms with Gasteiger partial charge in [0.25, 0.3) is 0 Å². The minimum atomic E-state index is -0.444. The molecule has 0 aliphatic carbocycles. The first-order chi connectivity index (χ1) is 9.73. The van der Waals surface area contributed by atoms with Gasteiger partial charge in [0.2, 0.25) is 0 Å². The van der Waals surface area contributed by atoms with Gasteiger partial charge in [0.05, 0.1) is 5.54 Å². The van der Waals surface area contributed by atoms with Gasteiger partial charge in [-0.3, -0.25) is 0 Å². The largest absolute Gasteiger partial charge is 0.307 e. The van der Waals surface area contributed by atoms with E-state index in [4.69, 9.17) is 0 Å². The van der Waals surface area contributed by atoms with Crippen molar-refractivity contribution in [2.45, 2.75) is 29.5 Å². The Balaban J connectivity index is 2.36. The van der Waals surface area contributed by atoms with Crippen molar-refractivity contribution < 1.29 is 4.39 Å². The minimum Gasteiger partial charge on any atom is -0.307 e. The molecule has 1 nitrogen and oxygen atoms in total. The van der Waals surface area contributed by atoms with Crippen LogP contribution >= 0.6 is 11.8 Å². The molecule has 2 aromatic carbocycles. The molecule has 1 aliphatic rings. The molecule has 0 saturated carbocycles. The number of nitrogens with one attached hydrogen (secondary N) is 1. The van der Waals surface area contributed by atoms with Crippen LogP contribution in [-0.4, -0.2) is 7.05 Å². The van der Waals surface area contributed by atoms with Crippen LogP contribution in [0.2, 0.25) is 0 Å². The number of hydrogen-bond acceptors (Lipinski definition) is 2. The van der Waals surface area contributed by atoms with Crippen molar-refractivity contribution in [3.05, 3.63) is 65.0 Å². The molecule has 0 fully saturated rings. The van der Waals surface area contributed by atoms with Gasteiger partial charge < -0.3 is 5.32 Å². The molecule has 1 N–H and O–H groups in total. The van der Waals surface area contributed by atoms with Crippen LogP contribution in [-0.2, 0) is 11.3 Å². The molecule has 3 heteroatoms. The van der Waals surface area contributed by atoms with Crippen LogP contribution in [0.25, 0.3) is 0 Å². The van der Waals surface area contributed by atoms with Gasteiger partial charge in [-0.15, -0.1) is 11.8 Å². The summed E-state index contributed by atoms with van der Waals surface area (Å²) >= 11 is 1.79. The lowest BCUT2D eigenvalue weighted by Gasteiger charge is -2.35. The van der Waals surface area contributed by atoms with Gasteiger partial charge in [-0.1, -0.05) is 37.3 Å². The van der Waals surface area contributed by atoms with Crippen molar-refractivity contribution in [1.29, 1.82) is 0 Å². The second-order valence-electron chi connectivity index (χ2n) is 5.07. The summed E-state index contributed by atoms with van der Waals surface area (Å²) < 4.78 is 14.6. The van der Waals surface area contributed by atoms with Gasteiger partial charge in [-0.25, -0.2) is 4.39 Å². The third-order valence-electron chi connectivity index (χ3n) is 4.21. The van der Waals surface area contributed by atoms with E-state index in [1.165, 1.54) is 10.5 Å². The van der Waals surface area contributed by atoms with Gasteiger partial charge in [-0.05, 0) is 36.7 Å². The normalized spacial score (nSPS) is 20.9. The predicted octanol–water partition coefficient (Wildman–Crippen LogP) is 4.30. The van der Waals surface area contributed by atoms with Crippen LogP contribution in [0.4, 0.5) is 4.39 Å². The number of rotatable bonds is 2. The van der Waals surface area contributed by atoms with Crippen molar-refractivity contribution in [3.8, 4) is 0 Å². The molecule has 1 atom stereocenters. The molecular formula is C17H18FNS. The molecule has 1 heterocycles. The van der Waals surface area contributed by atoms with Gasteiger partial charge in [-0.2, -0.15) is 0 Å². The Morgan fingerprint density at radius 2 is 2.00 bits per heavy atom. The van der Waals surface area contributed by atoms with Crippen LogP contribution in [0.5, 0.6) is 0 Å². The zero-order valence-electron chi connectivity index (χ0n) is 11.7. The van der Waals surface area contributed by atoms with E-state index in [9.17, 15) is 4.39 Å². The van der Waals surface area contributed by atoms with Gasteiger partial charge in [0.1, 0.15) is 5.82 Å². The summed E-state index contributed by atoms with van der Waals surface area (Å²) in [7, 11) is 1.92. The summed E-state index contributed by atoms with van der Waals surface area (Å²) in [4.78, 5) is 1.24. The van der Waals surface area contributed by atoms with Crippen LogP contribution in [0.3, 0.4) is 0 Å². The van der Waals surface area contributed by atoms with E-state index >= 15 is 0 Å². The zero-order chi connectivity index (χ0) is 14.2. The summed E-state index contributed by atoms with van der Waals surface area (Å²) in [5.74, 6) is 0.698.